The molecule has 1 N–H and O–H groups in total. The first kappa shape index (κ1) is 13.4. The number of aromatic nitrogens is 3. The van der Waals surface area contributed by atoms with Crippen molar-refractivity contribution in [2.24, 2.45) is 0 Å². The lowest BCUT2D eigenvalue weighted by atomic mass is 10.1. The number of amides is 1. The summed E-state index contributed by atoms with van der Waals surface area (Å²) in [6.45, 7) is 0.156. The molecule has 0 bridgehead atoms. The third-order valence-corrected chi connectivity index (χ3v) is 4.11. The van der Waals surface area contributed by atoms with Crippen molar-refractivity contribution in [2.45, 2.75) is 24.9 Å². The molecule has 1 heterocycles. The number of benzene rings is 1. The first-order valence-corrected chi connectivity index (χ1v) is 6.94. The van der Waals surface area contributed by atoms with Gasteiger partial charge in [-0.3, -0.25) is 4.79 Å². The SMILES string of the molecule is O=C(Cn1cncn1)NC1(c2ccc(Cl)c(Cl)c2)CC1. The number of carbonyl (C=O) groups is 1. The Kier molecular flexibility index (Phi) is 3.40. The monoisotopic (exact) mass is 310 g/mol. The van der Waals surface area contributed by atoms with Crippen LogP contribution in [0.15, 0.2) is 30.9 Å². The van der Waals surface area contributed by atoms with Gasteiger partial charge in [0.1, 0.15) is 19.2 Å². The zero-order chi connectivity index (χ0) is 14.2. The van der Waals surface area contributed by atoms with Crippen LogP contribution in [0.3, 0.4) is 0 Å². The van der Waals surface area contributed by atoms with E-state index in [1.807, 2.05) is 12.1 Å². The van der Waals surface area contributed by atoms with Crippen molar-refractivity contribution in [3.63, 3.8) is 0 Å². The first-order chi connectivity index (χ1) is 9.59. The molecule has 1 aromatic heterocycles. The smallest absolute Gasteiger partial charge is 0.242 e. The van der Waals surface area contributed by atoms with E-state index in [0.29, 0.717) is 10.0 Å². The van der Waals surface area contributed by atoms with Gasteiger partial charge in [0.05, 0.1) is 15.6 Å². The van der Waals surface area contributed by atoms with Crippen molar-refractivity contribution in [1.82, 2.24) is 20.1 Å². The first-order valence-electron chi connectivity index (χ1n) is 6.18. The summed E-state index contributed by atoms with van der Waals surface area (Å²) in [6, 6.07) is 5.46. The Morgan fingerprint density at radius 2 is 2.15 bits per heavy atom. The van der Waals surface area contributed by atoms with E-state index < -0.39 is 0 Å². The summed E-state index contributed by atoms with van der Waals surface area (Å²) in [7, 11) is 0. The van der Waals surface area contributed by atoms with Crippen LogP contribution in [0.2, 0.25) is 10.0 Å². The predicted molar refractivity (Wildman–Crippen MR) is 75.5 cm³/mol. The van der Waals surface area contributed by atoms with Crippen LogP contribution < -0.4 is 5.32 Å². The second-order valence-electron chi connectivity index (χ2n) is 4.85. The largest absolute Gasteiger partial charge is 0.345 e. The Morgan fingerprint density at radius 3 is 2.75 bits per heavy atom. The van der Waals surface area contributed by atoms with Gasteiger partial charge in [0.25, 0.3) is 0 Å². The summed E-state index contributed by atoms with van der Waals surface area (Å²) in [5, 5.41) is 7.97. The lowest BCUT2D eigenvalue weighted by molar-refractivity contribution is -0.122. The van der Waals surface area contributed by atoms with Crippen molar-refractivity contribution in [3.05, 3.63) is 46.5 Å². The number of nitrogens with one attached hydrogen (secondary N) is 1. The molecule has 3 rings (SSSR count). The highest BCUT2D eigenvalue weighted by Crippen LogP contribution is 2.46. The highest BCUT2D eigenvalue weighted by molar-refractivity contribution is 6.42. The molecule has 7 heteroatoms. The Balaban J connectivity index is 1.72. The molecule has 20 heavy (non-hydrogen) atoms. The second kappa shape index (κ2) is 5.07. The minimum atomic E-state index is -0.314. The fourth-order valence-electron chi connectivity index (χ4n) is 2.17. The van der Waals surface area contributed by atoms with Gasteiger partial charge in [0, 0.05) is 0 Å². The molecule has 0 spiro atoms. The predicted octanol–water partition coefficient (Wildman–Crippen LogP) is 2.39. The molecule has 0 unspecified atom stereocenters. The summed E-state index contributed by atoms with van der Waals surface area (Å²) in [6.07, 6.45) is 4.71. The molecule has 0 aliphatic heterocycles. The lowest BCUT2D eigenvalue weighted by Gasteiger charge is -2.18. The molecule has 1 aromatic carbocycles. The van der Waals surface area contributed by atoms with Gasteiger partial charge in [0.2, 0.25) is 5.91 Å². The topological polar surface area (TPSA) is 59.8 Å². The number of hydrogen-bond acceptors (Lipinski definition) is 3. The number of halogens is 2. The average molecular weight is 311 g/mol. The van der Waals surface area contributed by atoms with Crippen LogP contribution in [0.1, 0.15) is 18.4 Å². The quantitative estimate of drug-likeness (QED) is 0.943. The molecular weight excluding hydrogens is 299 g/mol. The highest BCUT2D eigenvalue weighted by atomic mass is 35.5. The average Bonchev–Trinajstić information content (AvgIpc) is 2.99. The van der Waals surface area contributed by atoms with Crippen molar-refractivity contribution >= 4 is 29.1 Å². The third kappa shape index (κ3) is 2.64. The molecule has 5 nitrogen and oxygen atoms in total. The zero-order valence-corrected chi connectivity index (χ0v) is 12.0. The summed E-state index contributed by atoms with van der Waals surface area (Å²) in [5.41, 5.74) is 0.671. The van der Waals surface area contributed by atoms with Crippen LogP contribution in [-0.4, -0.2) is 20.7 Å². The molecule has 1 fully saturated rings. The maximum absolute atomic E-state index is 12.0. The molecule has 0 radical (unpaired) electrons. The molecule has 1 saturated carbocycles. The maximum atomic E-state index is 12.0. The fraction of sp³-hybridized carbons (Fsp3) is 0.308. The van der Waals surface area contributed by atoms with Crippen LogP contribution in [0.4, 0.5) is 0 Å². The molecule has 104 valence electrons. The summed E-state index contributed by atoms with van der Waals surface area (Å²) in [5.74, 6) is -0.0981. The van der Waals surface area contributed by atoms with E-state index in [1.54, 1.807) is 6.07 Å². The van der Waals surface area contributed by atoms with Gasteiger partial charge in [-0.1, -0.05) is 29.3 Å². The van der Waals surface area contributed by atoms with E-state index in [2.05, 4.69) is 15.4 Å². The Labute approximate surface area is 125 Å². The Morgan fingerprint density at radius 1 is 1.35 bits per heavy atom. The van der Waals surface area contributed by atoms with Crippen LogP contribution in [-0.2, 0) is 16.9 Å². The molecule has 1 amide bonds. The summed E-state index contributed by atoms with van der Waals surface area (Å²) >= 11 is 11.9. The van der Waals surface area contributed by atoms with Crippen molar-refractivity contribution < 1.29 is 4.79 Å². The van der Waals surface area contributed by atoms with E-state index in [0.717, 1.165) is 18.4 Å². The van der Waals surface area contributed by atoms with Gasteiger partial charge < -0.3 is 5.32 Å². The van der Waals surface area contributed by atoms with Crippen LogP contribution in [0.25, 0.3) is 0 Å². The number of rotatable bonds is 4. The Hall–Kier alpha value is -1.59. The van der Waals surface area contributed by atoms with Gasteiger partial charge >= 0.3 is 0 Å². The van der Waals surface area contributed by atoms with Gasteiger partial charge in [-0.05, 0) is 30.5 Å². The molecule has 2 aromatic rings. The third-order valence-electron chi connectivity index (χ3n) is 3.37. The van der Waals surface area contributed by atoms with Gasteiger partial charge in [-0.25, -0.2) is 9.67 Å². The van der Waals surface area contributed by atoms with Crippen LogP contribution in [0, 0.1) is 0 Å². The molecule has 0 saturated heterocycles. The lowest BCUT2D eigenvalue weighted by Crippen LogP contribution is -2.37. The van der Waals surface area contributed by atoms with Crippen LogP contribution in [0.5, 0.6) is 0 Å². The fourth-order valence-corrected chi connectivity index (χ4v) is 2.47. The van der Waals surface area contributed by atoms with E-state index in [4.69, 9.17) is 23.2 Å². The Bertz CT molecular complexity index is 638. The normalized spacial score (nSPS) is 15.9. The number of carbonyl (C=O) groups excluding carboxylic acids is 1. The molecule has 1 aliphatic rings. The van der Waals surface area contributed by atoms with E-state index in [9.17, 15) is 4.79 Å². The van der Waals surface area contributed by atoms with Crippen LogP contribution >= 0.6 is 23.2 Å². The summed E-state index contributed by atoms with van der Waals surface area (Å²) in [4.78, 5) is 15.8. The van der Waals surface area contributed by atoms with E-state index in [1.165, 1.54) is 17.3 Å². The van der Waals surface area contributed by atoms with E-state index in [-0.39, 0.29) is 18.0 Å². The summed E-state index contributed by atoms with van der Waals surface area (Å²) < 4.78 is 1.49. The van der Waals surface area contributed by atoms with E-state index >= 15 is 0 Å². The zero-order valence-electron chi connectivity index (χ0n) is 10.5. The van der Waals surface area contributed by atoms with Crippen molar-refractivity contribution in [3.8, 4) is 0 Å². The van der Waals surface area contributed by atoms with Crippen molar-refractivity contribution in [2.75, 3.05) is 0 Å². The van der Waals surface area contributed by atoms with Gasteiger partial charge in [0.15, 0.2) is 0 Å². The van der Waals surface area contributed by atoms with Crippen molar-refractivity contribution in [1.29, 1.82) is 0 Å². The minimum absolute atomic E-state index is 0.0981. The number of hydrogen-bond donors (Lipinski definition) is 1. The molecular formula is C13H12Cl2N4O. The minimum Gasteiger partial charge on any atom is -0.345 e. The standard InChI is InChI=1S/C13H12Cl2N4O/c14-10-2-1-9(5-11(10)15)13(3-4-13)18-12(20)6-19-8-16-7-17-19/h1-2,5,7-8H,3-4,6H2,(H,18,20). The maximum Gasteiger partial charge on any atom is 0.242 e. The second-order valence-corrected chi connectivity index (χ2v) is 5.67. The van der Waals surface area contributed by atoms with Gasteiger partial charge in [-0.2, -0.15) is 5.10 Å². The molecule has 0 atom stereocenters. The molecule has 1 aliphatic carbocycles. The van der Waals surface area contributed by atoms with Gasteiger partial charge in [-0.15, -0.1) is 0 Å². The number of nitrogens with zero attached hydrogens (tertiary/aromatic N) is 3. The highest BCUT2D eigenvalue weighted by Gasteiger charge is 2.45.